The maximum absolute atomic E-state index is 11.7. The largest absolute Gasteiger partial charge is 0.377 e. The van der Waals surface area contributed by atoms with Crippen molar-refractivity contribution in [2.75, 3.05) is 18.5 Å². The van der Waals surface area contributed by atoms with Crippen LogP contribution in [-0.4, -0.2) is 25.2 Å². The number of anilines is 1. The molecule has 0 heterocycles. The number of carbonyl (C=O) groups is 1. The highest BCUT2D eigenvalue weighted by atomic mass is 127. The first-order valence-electron chi connectivity index (χ1n) is 5.52. The molecule has 0 aliphatic heterocycles. The van der Waals surface area contributed by atoms with Gasteiger partial charge in [-0.3, -0.25) is 4.79 Å². The van der Waals surface area contributed by atoms with Gasteiger partial charge in [0.2, 0.25) is 5.91 Å². The molecular formula is C12H17IN2O2. The fourth-order valence-corrected chi connectivity index (χ4v) is 1.97. The number of amides is 1. The second-order valence-electron chi connectivity index (χ2n) is 3.58. The summed E-state index contributed by atoms with van der Waals surface area (Å²) < 4.78 is 6.42. The molecule has 1 amide bonds. The Kier molecular flexibility index (Phi) is 6.46. The smallest absolute Gasteiger partial charge is 0.227 e. The van der Waals surface area contributed by atoms with Gasteiger partial charge in [-0.15, -0.1) is 0 Å². The van der Waals surface area contributed by atoms with Crippen molar-refractivity contribution < 1.29 is 9.53 Å². The van der Waals surface area contributed by atoms with Crippen LogP contribution in [0.2, 0.25) is 0 Å². The standard InChI is InChI=1S/C12H17IN2O2/c1-2-17-11(8-14)7-12(16)15-10-5-3-4-9(13)6-10/h3-6,11H,2,7-8,14H2,1H3,(H,15,16). The van der Waals surface area contributed by atoms with E-state index in [2.05, 4.69) is 27.9 Å². The first-order chi connectivity index (χ1) is 8.15. The van der Waals surface area contributed by atoms with Crippen molar-refractivity contribution >= 4 is 34.2 Å². The van der Waals surface area contributed by atoms with Crippen molar-refractivity contribution in [1.82, 2.24) is 0 Å². The number of hydrogen-bond acceptors (Lipinski definition) is 3. The van der Waals surface area contributed by atoms with Crippen LogP contribution in [0.1, 0.15) is 13.3 Å². The van der Waals surface area contributed by atoms with Crippen molar-refractivity contribution in [3.8, 4) is 0 Å². The maximum atomic E-state index is 11.7. The van der Waals surface area contributed by atoms with Gasteiger partial charge < -0.3 is 15.8 Å². The number of benzene rings is 1. The van der Waals surface area contributed by atoms with Gasteiger partial charge in [0.05, 0.1) is 12.5 Å². The minimum Gasteiger partial charge on any atom is -0.377 e. The Bertz CT molecular complexity index is 371. The van der Waals surface area contributed by atoms with E-state index in [-0.39, 0.29) is 18.4 Å². The number of nitrogens with one attached hydrogen (secondary N) is 1. The summed E-state index contributed by atoms with van der Waals surface area (Å²) in [4.78, 5) is 11.7. The fraction of sp³-hybridized carbons (Fsp3) is 0.417. The second kappa shape index (κ2) is 7.62. The Morgan fingerprint density at radius 3 is 2.94 bits per heavy atom. The van der Waals surface area contributed by atoms with Crippen molar-refractivity contribution in [2.45, 2.75) is 19.4 Å². The molecule has 0 aromatic heterocycles. The van der Waals surface area contributed by atoms with E-state index in [1.54, 1.807) is 0 Å². The fourth-order valence-electron chi connectivity index (χ4n) is 1.43. The van der Waals surface area contributed by atoms with Crippen LogP contribution in [0.3, 0.4) is 0 Å². The monoisotopic (exact) mass is 348 g/mol. The van der Waals surface area contributed by atoms with E-state index in [1.165, 1.54) is 0 Å². The molecule has 4 nitrogen and oxygen atoms in total. The number of ether oxygens (including phenoxy) is 1. The van der Waals surface area contributed by atoms with Gasteiger partial charge in [-0.05, 0) is 47.7 Å². The molecule has 94 valence electrons. The molecule has 0 radical (unpaired) electrons. The van der Waals surface area contributed by atoms with Crippen LogP contribution in [-0.2, 0) is 9.53 Å². The van der Waals surface area contributed by atoms with Crippen LogP contribution in [0, 0.1) is 3.57 Å². The van der Waals surface area contributed by atoms with Gasteiger partial charge in [-0.25, -0.2) is 0 Å². The van der Waals surface area contributed by atoms with Crippen molar-refractivity contribution in [3.63, 3.8) is 0 Å². The zero-order valence-corrected chi connectivity index (χ0v) is 11.9. The summed E-state index contributed by atoms with van der Waals surface area (Å²) in [6.45, 7) is 2.81. The normalized spacial score (nSPS) is 12.2. The molecule has 0 aliphatic carbocycles. The molecule has 1 aromatic rings. The Morgan fingerprint density at radius 1 is 1.59 bits per heavy atom. The average Bonchev–Trinajstić information content (AvgIpc) is 2.28. The number of rotatable bonds is 6. The van der Waals surface area contributed by atoms with Gasteiger partial charge in [0.15, 0.2) is 0 Å². The molecule has 0 spiro atoms. The molecule has 1 atom stereocenters. The van der Waals surface area contributed by atoms with Gasteiger partial charge in [0, 0.05) is 22.4 Å². The lowest BCUT2D eigenvalue weighted by molar-refractivity contribution is -0.118. The third-order valence-electron chi connectivity index (χ3n) is 2.19. The number of hydrogen-bond donors (Lipinski definition) is 2. The first kappa shape index (κ1) is 14.4. The molecule has 1 rings (SSSR count). The van der Waals surface area contributed by atoms with E-state index in [9.17, 15) is 4.79 Å². The van der Waals surface area contributed by atoms with Crippen LogP contribution in [0.15, 0.2) is 24.3 Å². The third kappa shape index (κ3) is 5.47. The van der Waals surface area contributed by atoms with Crippen molar-refractivity contribution in [2.24, 2.45) is 5.73 Å². The minimum atomic E-state index is -0.206. The highest BCUT2D eigenvalue weighted by Crippen LogP contribution is 2.13. The zero-order chi connectivity index (χ0) is 12.7. The highest BCUT2D eigenvalue weighted by molar-refractivity contribution is 14.1. The molecule has 1 unspecified atom stereocenters. The van der Waals surface area contributed by atoms with Crippen molar-refractivity contribution in [1.29, 1.82) is 0 Å². The topological polar surface area (TPSA) is 64.3 Å². The van der Waals surface area contributed by atoms with Crippen LogP contribution in [0.5, 0.6) is 0 Å². The first-order valence-corrected chi connectivity index (χ1v) is 6.60. The van der Waals surface area contributed by atoms with Crippen LogP contribution in [0.25, 0.3) is 0 Å². The third-order valence-corrected chi connectivity index (χ3v) is 2.86. The van der Waals surface area contributed by atoms with E-state index in [4.69, 9.17) is 10.5 Å². The molecule has 3 N–H and O–H groups in total. The zero-order valence-electron chi connectivity index (χ0n) is 9.78. The summed E-state index contributed by atoms with van der Waals surface area (Å²) in [5.41, 5.74) is 6.32. The predicted molar refractivity (Wildman–Crippen MR) is 76.9 cm³/mol. The van der Waals surface area contributed by atoms with Gasteiger partial charge in [0.1, 0.15) is 0 Å². The van der Waals surface area contributed by atoms with Gasteiger partial charge >= 0.3 is 0 Å². The highest BCUT2D eigenvalue weighted by Gasteiger charge is 2.12. The molecule has 0 aliphatic rings. The van der Waals surface area contributed by atoms with Crippen LogP contribution < -0.4 is 11.1 Å². The number of nitrogens with two attached hydrogens (primary N) is 1. The van der Waals surface area contributed by atoms with Crippen LogP contribution in [0.4, 0.5) is 5.69 Å². The average molecular weight is 348 g/mol. The summed E-state index contributed by atoms with van der Waals surface area (Å²) in [6.07, 6.45) is 0.0818. The van der Waals surface area contributed by atoms with Crippen molar-refractivity contribution in [3.05, 3.63) is 27.8 Å². The number of carbonyl (C=O) groups excluding carboxylic acids is 1. The minimum absolute atomic E-state index is 0.0732. The second-order valence-corrected chi connectivity index (χ2v) is 4.82. The van der Waals surface area contributed by atoms with E-state index < -0.39 is 0 Å². The predicted octanol–water partition coefficient (Wildman–Crippen LogP) is 1.98. The van der Waals surface area contributed by atoms with Gasteiger partial charge in [0.25, 0.3) is 0 Å². The summed E-state index contributed by atoms with van der Waals surface area (Å²) >= 11 is 2.20. The Labute approximate surface area is 115 Å². The van der Waals surface area contributed by atoms with E-state index in [0.717, 1.165) is 9.26 Å². The van der Waals surface area contributed by atoms with E-state index in [0.29, 0.717) is 13.2 Å². The molecule has 17 heavy (non-hydrogen) atoms. The molecule has 0 bridgehead atoms. The van der Waals surface area contributed by atoms with E-state index in [1.807, 2.05) is 31.2 Å². The maximum Gasteiger partial charge on any atom is 0.227 e. The molecule has 5 heteroatoms. The number of halogens is 1. The molecule has 0 saturated carbocycles. The summed E-state index contributed by atoms with van der Waals surface area (Å²) in [6, 6.07) is 7.65. The molecule has 0 saturated heterocycles. The lowest BCUT2D eigenvalue weighted by Crippen LogP contribution is -2.29. The quantitative estimate of drug-likeness (QED) is 0.773. The Balaban J connectivity index is 2.49. The molecular weight excluding hydrogens is 331 g/mol. The molecule has 0 fully saturated rings. The van der Waals surface area contributed by atoms with Crippen LogP contribution >= 0.6 is 22.6 Å². The van der Waals surface area contributed by atoms with E-state index >= 15 is 0 Å². The van der Waals surface area contributed by atoms with Gasteiger partial charge in [-0.1, -0.05) is 6.07 Å². The summed E-state index contributed by atoms with van der Waals surface area (Å²) in [7, 11) is 0. The lowest BCUT2D eigenvalue weighted by atomic mass is 10.2. The Hall–Kier alpha value is -0.660. The van der Waals surface area contributed by atoms with Gasteiger partial charge in [-0.2, -0.15) is 0 Å². The summed E-state index contributed by atoms with van der Waals surface area (Å²) in [5.74, 6) is -0.0732. The molecule has 1 aromatic carbocycles. The Morgan fingerprint density at radius 2 is 2.35 bits per heavy atom. The summed E-state index contributed by atoms with van der Waals surface area (Å²) in [5, 5.41) is 2.83. The lowest BCUT2D eigenvalue weighted by Gasteiger charge is -2.14. The SMILES string of the molecule is CCOC(CN)CC(=O)Nc1cccc(I)c1.